The maximum absolute atomic E-state index is 6.04. The van der Waals surface area contributed by atoms with Crippen LogP contribution >= 0.6 is 23.2 Å². The van der Waals surface area contributed by atoms with Crippen LogP contribution in [0.1, 0.15) is 11.1 Å². The summed E-state index contributed by atoms with van der Waals surface area (Å²) in [6, 6.07) is 7.41. The summed E-state index contributed by atoms with van der Waals surface area (Å²) < 4.78 is 5.80. The third-order valence-electron chi connectivity index (χ3n) is 2.63. The van der Waals surface area contributed by atoms with E-state index in [1.807, 2.05) is 31.3 Å². The molecule has 0 unspecified atom stereocenters. The van der Waals surface area contributed by atoms with Crippen LogP contribution in [0.15, 0.2) is 36.7 Å². The molecule has 100 valence electrons. The van der Waals surface area contributed by atoms with Crippen molar-refractivity contribution in [3.05, 3.63) is 57.8 Å². The van der Waals surface area contributed by atoms with Crippen LogP contribution in [0.3, 0.4) is 0 Å². The number of aromatic nitrogens is 1. The van der Waals surface area contributed by atoms with E-state index in [1.54, 1.807) is 12.4 Å². The van der Waals surface area contributed by atoms with Crippen LogP contribution in [0.25, 0.3) is 0 Å². The molecule has 1 aromatic carbocycles. The molecule has 0 saturated carbocycles. The Morgan fingerprint density at radius 1 is 1.21 bits per heavy atom. The van der Waals surface area contributed by atoms with Crippen LogP contribution in [0.5, 0.6) is 5.75 Å². The lowest BCUT2D eigenvalue weighted by molar-refractivity contribution is 0.302. The monoisotopic (exact) mass is 296 g/mol. The van der Waals surface area contributed by atoms with Gasteiger partial charge in [-0.1, -0.05) is 23.2 Å². The normalized spacial score (nSPS) is 10.5. The van der Waals surface area contributed by atoms with E-state index >= 15 is 0 Å². The van der Waals surface area contributed by atoms with Gasteiger partial charge >= 0.3 is 0 Å². The molecule has 0 amide bonds. The Hall–Kier alpha value is -1.29. The van der Waals surface area contributed by atoms with Gasteiger partial charge in [0.15, 0.2) is 0 Å². The lowest BCUT2D eigenvalue weighted by atomic mass is 10.2. The number of benzene rings is 1. The Bertz CT molecular complexity index is 561. The zero-order valence-electron chi connectivity index (χ0n) is 10.5. The number of hydrogen-bond acceptors (Lipinski definition) is 3. The fourth-order valence-electron chi connectivity index (χ4n) is 1.69. The highest BCUT2D eigenvalue weighted by atomic mass is 35.5. The number of nitrogens with one attached hydrogen (secondary N) is 1. The van der Waals surface area contributed by atoms with Crippen LogP contribution in [-0.4, -0.2) is 12.0 Å². The molecule has 0 fully saturated rings. The second-order valence-corrected chi connectivity index (χ2v) is 4.88. The van der Waals surface area contributed by atoms with Gasteiger partial charge in [0.25, 0.3) is 0 Å². The zero-order valence-corrected chi connectivity index (χ0v) is 12.0. The van der Waals surface area contributed by atoms with Gasteiger partial charge in [-0.2, -0.15) is 0 Å². The SMILES string of the molecule is CNCc1cc(Cl)ccc1OCc1ccncc1Cl. The molecule has 1 aromatic heterocycles. The molecule has 0 aliphatic heterocycles. The smallest absolute Gasteiger partial charge is 0.124 e. The summed E-state index contributed by atoms with van der Waals surface area (Å²) in [5, 5.41) is 4.38. The third-order valence-corrected chi connectivity index (χ3v) is 3.20. The molecule has 1 N–H and O–H groups in total. The molecule has 19 heavy (non-hydrogen) atoms. The van der Waals surface area contributed by atoms with Gasteiger partial charge in [0.2, 0.25) is 0 Å². The Balaban J connectivity index is 2.13. The van der Waals surface area contributed by atoms with E-state index in [0.717, 1.165) is 16.9 Å². The summed E-state index contributed by atoms with van der Waals surface area (Å²) in [6.07, 6.45) is 3.30. The van der Waals surface area contributed by atoms with Crippen molar-refractivity contribution in [1.29, 1.82) is 0 Å². The number of halogens is 2. The quantitative estimate of drug-likeness (QED) is 0.914. The van der Waals surface area contributed by atoms with Crippen molar-refractivity contribution >= 4 is 23.2 Å². The summed E-state index contributed by atoms with van der Waals surface area (Å²) >= 11 is 12.0. The summed E-state index contributed by atoms with van der Waals surface area (Å²) in [5.74, 6) is 0.798. The largest absolute Gasteiger partial charge is 0.489 e. The highest BCUT2D eigenvalue weighted by molar-refractivity contribution is 6.31. The molecule has 0 aliphatic carbocycles. The molecule has 0 atom stereocenters. The third kappa shape index (κ3) is 3.83. The molecule has 2 aromatic rings. The first-order chi connectivity index (χ1) is 9.20. The summed E-state index contributed by atoms with van der Waals surface area (Å²) in [7, 11) is 1.88. The van der Waals surface area contributed by atoms with Crippen LogP contribution < -0.4 is 10.1 Å². The van der Waals surface area contributed by atoms with Crippen LogP contribution in [0.4, 0.5) is 0 Å². The van der Waals surface area contributed by atoms with E-state index in [9.17, 15) is 0 Å². The Kier molecular flexibility index (Phi) is 5.02. The van der Waals surface area contributed by atoms with Crippen molar-refractivity contribution in [2.24, 2.45) is 0 Å². The van der Waals surface area contributed by atoms with Crippen molar-refractivity contribution in [3.8, 4) is 5.75 Å². The van der Waals surface area contributed by atoms with Gasteiger partial charge in [-0.25, -0.2) is 0 Å². The second kappa shape index (κ2) is 6.75. The number of rotatable bonds is 5. The van der Waals surface area contributed by atoms with Gasteiger partial charge in [-0.05, 0) is 31.3 Å². The number of ether oxygens (including phenoxy) is 1. The minimum absolute atomic E-state index is 0.402. The van der Waals surface area contributed by atoms with Gasteiger partial charge in [-0.3, -0.25) is 4.98 Å². The summed E-state index contributed by atoms with van der Waals surface area (Å²) in [6.45, 7) is 1.10. The minimum atomic E-state index is 0.402. The lowest BCUT2D eigenvalue weighted by Crippen LogP contribution is -2.07. The molecule has 0 radical (unpaired) electrons. The average molecular weight is 297 g/mol. The topological polar surface area (TPSA) is 34.1 Å². The highest BCUT2D eigenvalue weighted by Gasteiger charge is 2.06. The van der Waals surface area contributed by atoms with E-state index in [4.69, 9.17) is 27.9 Å². The maximum Gasteiger partial charge on any atom is 0.124 e. The molecular weight excluding hydrogens is 283 g/mol. The molecule has 5 heteroatoms. The molecule has 0 bridgehead atoms. The van der Waals surface area contributed by atoms with Gasteiger partial charge in [0.05, 0.1) is 5.02 Å². The van der Waals surface area contributed by atoms with Crippen LogP contribution in [0, 0.1) is 0 Å². The van der Waals surface area contributed by atoms with Crippen LogP contribution in [0.2, 0.25) is 10.0 Å². The van der Waals surface area contributed by atoms with Gasteiger partial charge in [0.1, 0.15) is 12.4 Å². The molecule has 2 rings (SSSR count). The minimum Gasteiger partial charge on any atom is -0.489 e. The average Bonchev–Trinajstić information content (AvgIpc) is 2.40. The first kappa shape index (κ1) is 14.1. The fourth-order valence-corrected chi connectivity index (χ4v) is 2.06. The van der Waals surface area contributed by atoms with E-state index < -0.39 is 0 Å². The summed E-state index contributed by atoms with van der Waals surface area (Å²) in [5.41, 5.74) is 1.92. The zero-order chi connectivity index (χ0) is 13.7. The van der Waals surface area contributed by atoms with Crippen molar-refractivity contribution < 1.29 is 4.74 Å². The summed E-state index contributed by atoms with van der Waals surface area (Å²) in [4.78, 5) is 3.94. The van der Waals surface area contributed by atoms with Crippen molar-refractivity contribution in [3.63, 3.8) is 0 Å². The first-order valence-electron chi connectivity index (χ1n) is 5.85. The molecule has 0 spiro atoms. The predicted octanol–water partition coefficient (Wildman–Crippen LogP) is 3.69. The van der Waals surface area contributed by atoms with E-state index in [-0.39, 0.29) is 0 Å². The van der Waals surface area contributed by atoms with Gasteiger partial charge < -0.3 is 10.1 Å². The molecule has 1 heterocycles. The van der Waals surface area contributed by atoms with Crippen molar-refractivity contribution in [2.45, 2.75) is 13.2 Å². The molecule has 0 saturated heterocycles. The lowest BCUT2D eigenvalue weighted by Gasteiger charge is -2.12. The second-order valence-electron chi connectivity index (χ2n) is 4.04. The number of hydrogen-bond donors (Lipinski definition) is 1. The van der Waals surface area contributed by atoms with Gasteiger partial charge in [-0.15, -0.1) is 0 Å². The van der Waals surface area contributed by atoms with E-state index in [2.05, 4.69) is 10.3 Å². The standard InChI is InChI=1S/C14H14Cl2N2O/c1-17-7-11-6-12(15)2-3-14(11)19-9-10-4-5-18-8-13(10)16/h2-6,8,17H,7,9H2,1H3. The molecule has 0 aliphatic rings. The molecular formula is C14H14Cl2N2O. The highest BCUT2D eigenvalue weighted by Crippen LogP contribution is 2.24. The van der Waals surface area contributed by atoms with E-state index in [0.29, 0.717) is 23.2 Å². The first-order valence-corrected chi connectivity index (χ1v) is 6.60. The predicted molar refractivity (Wildman–Crippen MR) is 77.8 cm³/mol. The number of pyridine rings is 1. The Morgan fingerprint density at radius 3 is 2.79 bits per heavy atom. The molecule has 3 nitrogen and oxygen atoms in total. The van der Waals surface area contributed by atoms with Crippen molar-refractivity contribution in [1.82, 2.24) is 10.3 Å². The maximum atomic E-state index is 6.04. The Morgan fingerprint density at radius 2 is 2.05 bits per heavy atom. The fraction of sp³-hybridized carbons (Fsp3) is 0.214. The Labute approximate surface area is 122 Å². The number of nitrogens with zero attached hydrogens (tertiary/aromatic N) is 1. The van der Waals surface area contributed by atoms with Gasteiger partial charge in [0, 0.05) is 35.1 Å². The van der Waals surface area contributed by atoms with Crippen molar-refractivity contribution in [2.75, 3.05) is 7.05 Å². The van der Waals surface area contributed by atoms with Crippen LogP contribution in [-0.2, 0) is 13.2 Å². The van der Waals surface area contributed by atoms with E-state index in [1.165, 1.54) is 0 Å².